The zero-order chi connectivity index (χ0) is 26.5. The summed E-state index contributed by atoms with van der Waals surface area (Å²) >= 11 is 0. The van der Waals surface area contributed by atoms with E-state index in [2.05, 4.69) is 85.7 Å². The Labute approximate surface area is 216 Å². The van der Waals surface area contributed by atoms with Gasteiger partial charge >= 0.3 is 5.97 Å². The Morgan fingerprint density at radius 3 is 2.11 bits per heavy atom. The summed E-state index contributed by atoms with van der Waals surface area (Å²) in [6, 6.07) is 7.90. The van der Waals surface area contributed by atoms with Crippen LogP contribution >= 0.6 is 0 Å². The van der Waals surface area contributed by atoms with E-state index in [1.807, 2.05) is 24.3 Å². The molecule has 0 spiro atoms. The average molecular weight is 497 g/mol. The molecule has 2 unspecified atom stereocenters. The molecule has 36 heavy (non-hydrogen) atoms. The SMILES string of the molecule is CCN(CC)c1ccc(N=Nc2n[nH]c(CC(=O)OC3C(C(C)(C)C)CCCC3C(C)(C)C)n2)cc1. The molecule has 8 nitrogen and oxygen atoms in total. The van der Waals surface area contributed by atoms with Gasteiger partial charge in [0.2, 0.25) is 0 Å². The van der Waals surface area contributed by atoms with E-state index >= 15 is 0 Å². The standard InChI is InChI=1S/C28H44N6O2/c1-9-34(10-2)20-16-14-19(15-17-20)30-32-26-29-23(31-33-26)18-24(35)36-25-21(27(3,4)5)12-11-13-22(25)28(6,7)8/h14-17,21-22,25H,9-13,18H2,1-8H3,(H,29,31,33). The lowest BCUT2D eigenvalue weighted by Gasteiger charge is -2.48. The molecule has 0 amide bonds. The molecule has 1 aliphatic rings. The maximum absolute atomic E-state index is 13.0. The summed E-state index contributed by atoms with van der Waals surface area (Å²) in [5, 5.41) is 15.3. The number of nitrogens with zero attached hydrogens (tertiary/aromatic N) is 5. The minimum atomic E-state index is -0.281. The molecule has 3 rings (SSSR count). The van der Waals surface area contributed by atoms with Crippen LogP contribution in [-0.2, 0) is 16.0 Å². The third-order valence-electron chi connectivity index (χ3n) is 7.38. The van der Waals surface area contributed by atoms with Crippen LogP contribution < -0.4 is 4.90 Å². The molecule has 1 aromatic carbocycles. The molecule has 2 atom stereocenters. The number of carbonyl (C=O) groups excluding carboxylic acids is 1. The number of carbonyl (C=O) groups is 1. The number of rotatable bonds is 8. The van der Waals surface area contributed by atoms with Crippen LogP contribution in [0.15, 0.2) is 34.5 Å². The smallest absolute Gasteiger partial charge is 0.313 e. The highest BCUT2D eigenvalue weighted by Gasteiger charge is 2.46. The second kappa shape index (κ2) is 11.5. The van der Waals surface area contributed by atoms with Crippen molar-refractivity contribution in [2.45, 2.75) is 87.2 Å². The number of hydrogen-bond donors (Lipinski definition) is 1. The third-order valence-corrected chi connectivity index (χ3v) is 7.38. The van der Waals surface area contributed by atoms with E-state index < -0.39 is 0 Å². The molecule has 0 radical (unpaired) electrons. The van der Waals surface area contributed by atoms with Crippen molar-refractivity contribution in [2.24, 2.45) is 32.9 Å². The van der Waals surface area contributed by atoms with Crippen LogP contribution in [0.3, 0.4) is 0 Å². The predicted octanol–water partition coefficient (Wildman–Crippen LogP) is 7.03. The Bertz CT molecular complexity index is 990. The van der Waals surface area contributed by atoms with E-state index in [-0.39, 0.29) is 35.3 Å². The molecule has 1 heterocycles. The van der Waals surface area contributed by atoms with Crippen molar-refractivity contribution in [1.82, 2.24) is 15.2 Å². The van der Waals surface area contributed by atoms with Gasteiger partial charge in [0.1, 0.15) is 18.3 Å². The van der Waals surface area contributed by atoms with Gasteiger partial charge in [-0.05, 0) is 61.8 Å². The van der Waals surface area contributed by atoms with Gasteiger partial charge in [0.05, 0.1) is 5.69 Å². The van der Waals surface area contributed by atoms with Gasteiger partial charge in [0.15, 0.2) is 0 Å². The Morgan fingerprint density at radius 1 is 1.00 bits per heavy atom. The molecule has 0 saturated heterocycles. The van der Waals surface area contributed by atoms with Crippen LogP contribution in [0.25, 0.3) is 0 Å². The first-order valence-electron chi connectivity index (χ1n) is 13.3. The zero-order valence-corrected chi connectivity index (χ0v) is 23.3. The van der Waals surface area contributed by atoms with Gasteiger partial charge in [-0.1, -0.05) is 48.0 Å². The van der Waals surface area contributed by atoms with E-state index in [0.717, 1.165) is 37.3 Å². The van der Waals surface area contributed by atoms with E-state index in [9.17, 15) is 4.79 Å². The molecule has 0 bridgehead atoms. The number of hydrogen-bond acceptors (Lipinski definition) is 7. The summed E-state index contributed by atoms with van der Waals surface area (Å²) < 4.78 is 6.18. The second-order valence-electron chi connectivity index (χ2n) is 12.0. The van der Waals surface area contributed by atoms with Gasteiger partial charge in [0, 0.05) is 30.6 Å². The number of esters is 1. The molecule has 1 aliphatic carbocycles. The largest absolute Gasteiger partial charge is 0.461 e. The zero-order valence-electron chi connectivity index (χ0n) is 23.3. The average Bonchev–Trinajstić information content (AvgIpc) is 3.25. The van der Waals surface area contributed by atoms with Gasteiger partial charge in [-0.3, -0.25) is 9.89 Å². The van der Waals surface area contributed by atoms with Crippen molar-refractivity contribution in [3.63, 3.8) is 0 Å². The molecular weight excluding hydrogens is 452 g/mol. The number of aromatic amines is 1. The highest BCUT2D eigenvalue weighted by atomic mass is 16.5. The molecule has 1 saturated carbocycles. The van der Waals surface area contributed by atoms with Crippen molar-refractivity contribution in [1.29, 1.82) is 0 Å². The Kier molecular flexibility index (Phi) is 8.90. The number of ether oxygens (including phenoxy) is 1. The Hall–Kier alpha value is -2.77. The molecular formula is C28H44N6O2. The fourth-order valence-electron chi connectivity index (χ4n) is 5.34. The first-order valence-corrected chi connectivity index (χ1v) is 13.3. The highest BCUT2D eigenvalue weighted by Crippen LogP contribution is 2.47. The van der Waals surface area contributed by atoms with Crippen LogP contribution in [0.4, 0.5) is 17.3 Å². The van der Waals surface area contributed by atoms with Gasteiger partial charge in [-0.25, -0.2) is 0 Å². The fraction of sp³-hybridized carbons (Fsp3) is 0.679. The lowest BCUT2D eigenvalue weighted by atomic mass is 9.61. The third kappa shape index (κ3) is 7.14. The monoisotopic (exact) mass is 496 g/mol. The van der Waals surface area contributed by atoms with E-state index in [1.165, 1.54) is 6.42 Å². The van der Waals surface area contributed by atoms with Crippen molar-refractivity contribution in [3.8, 4) is 0 Å². The van der Waals surface area contributed by atoms with Crippen molar-refractivity contribution in [2.75, 3.05) is 18.0 Å². The fourth-order valence-corrected chi connectivity index (χ4v) is 5.34. The van der Waals surface area contributed by atoms with Crippen LogP contribution in [0, 0.1) is 22.7 Å². The summed E-state index contributed by atoms with van der Waals surface area (Å²) in [6.45, 7) is 19.6. The molecule has 2 aromatic rings. The maximum atomic E-state index is 13.0. The van der Waals surface area contributed by atoms with E-state index in [0.29, 0.717) is 17.7 Å². The van der Waals surface area contributed by atoms with E-state index in [1.54, 1.807) is 0 Å². The van der Waals surface area contributed by atoms with E-state index in [4.69, 9.17) is 4.74 Å². The quantitative estimate of drug-likeness (QED) is 0.313. The maximum Gasteiger partial charge on any atom is 0.313 e. The van der Waals surface area contributed by atoms with Crippen LogP contribution in [0.5, 0.6) is 0 Å². The minimum absolute atomic E-state index is 0.0330. The molecule has 198 valence electrons. The van der Waals surface area contributed by atoms with Crippen LogP contribution in [0.1, 0.15) is 80.5 Å². The van der Waals surface area contributed by atoms with Crippen molar-refractivity contribution in [3.05, 3.63) is 30.1 Å². The Morgan fingerprint density at radius 2 is 1.58 bits per heavy atom. The summed E-state index contributed by atoms with van der Waals surface area (Å²) in [6.07, 6.45) is 3.26. The normalized spacial score (nSPS) is 21.1. The summed E-state index contributed by atoms with van der Waals surface area (Å²) in [5.41, 5.74) is 2.00. The number of H-pyrrole nitrogens is 1. The summed E-state index contributed by atoms with van der Waals surface area (Å²) in [4.78, 5) is 19.6. The predicted molar refractivity (Wildman–Crippen MR) is 144 cm³/mol. The Balaban J connectivity index is 1.64. The van der Waals surface area contributed by atoms with Crippen molar-refractivity contribution >= 4 is 23.3 Å². The molecule has 1 aromatic heterocycles. The number of anilines is 1. The molecule has 1 fully saturated rings. The van der Waals surface area contributed by atoms with Crippen molar-refractivity contribution < 1.29 is 9.53 Å². The summed E-state index contributed by atoms with van der Waals surface area (Å²) in [7, 11) is 0. The first kappa shape index (κ1) is 27.8. The molecule has 8 heteroatoms. The number of benzene rings is 1. The molecule has 1 N–H and O–H groups in total. The lowest BCUT2D eigenvalue weighted by Crippen LogP contribution is -2.47. The van der Waals surface area contributed by atoms with Gasteiger partial charge < -0.3 is 9.64 Å². The second-order valence-corrected chi connectivity index (χ2v) is 12.0. The first-order chi connectivity index (χ1) is 16.9. The number of aromatic nitrogens is 3. The number of nitrogens with one attached hydrogen (secondary N) is 1. The van der Waals surface area contributed by atoms with Crippen LogP contribution in [0.2, 0.25) is 0 Å². The molecule has 0 aliphatic heterocycles. The minimum Gasteiger partial charge on any atom is -0.461 e. The summed E-state index contributed by atoms with van der Waals surface area (Å²) in [5.74, 6) is 1.000. The van der Waals surface area contributed by atoms with Gasteiger partial charge in [-0.2, -0.15) is 4.98 Å². The van der Waals surface area contributed by atoms with Gasteiger partial charge in [-0.15, -0.1) is 15.3 Å². The van der Waals surface area contributed by atoms with Crippen LogP contribution in [-0.4, -0.2) is 40.3 Å². The lowest BCUT2D eigenvalue weighted by molar-refractivity contribution is -0.166. The topological polar surface area (TPSA) is 95.8 Å². The van der Waals surface area contributed by atoms with Gasteiger partial charge in [0.25, 0.3) is 5.95 Å². The highest BCUT2D eigenvalue weighted by molar-refractivity contribution is 5.71. The number of azo groups is 1.